The van der Waals surface area contributed by atoms with Crippen LogP contribution in [0.5, 0.6) is 0 Å². The van der Waals surface area contributed by atoms with Gasteiger partial charge in [0, 0.05) is 6.04 Å². The molecule has 0 amide bonds. The second-order valence-electron chi connectivity index (χ2n) is 6.00. The molecule has 0 heterocycles. The van der Waals surface area contributed by atoms with E-state index in [9.17, 15) is 0 Å². The summed E-state index contributed by atoms with van der Waals surface area (Å²) in [4.78, 5) is 0. The summed E-state index contributed by atoms with van der Waals surface area (Å²) in [5.41, 5.74) is 1.71. The van der Waals surface area contributed by atoms with Gasteiger partial charge in [0.15, 0.2) is 0 Å². The third kappa shape index (κ3) is 4.46. The average Bonchev–Trinajstić information content (AvgIpc) is 2.41. The summed E-state index contributed by atoms with van der Waals surface area (Å²) in [7, 11) is 0. The van der Waals surface area contributed by atoms with Crippen LogP contribution < -0.4 is 5.32 Å². The Balaban J connectivity index is 1.61. The van der Waals surface area contributed by atoms with Crippen LogP contribution in [0, 0.1) is 5.92 Å². The predicted octanol–water partition coefficient (Wildman–Crippen LogP) is 4.44. The van der Waals surface area contributed by atoms with E-state index in [4.69, 9.17) is 0 Å². The Morgan fingerprint density at radius 1 is 1.18 bits per heavy atom. The van der Waals surface area contributed by atoms with Gasteiger partial charge in [0.1, 0.15) is 0 Å². The Kier molecular flexibility index (Phi) is 5.57. The molecule has 1 saturated carbocycles. The molecule has 2 rings (SSSR count). The third-order valence-corrected chi connectivity index (χ3v) is 4.65. The van der Waals surface area contributed by atoms with E-state index in [1.54, 1.807) is 5.57 Å². The summed E-state index contributed by atoms with van der Waals surface area (Å²) in [5.74, 6) is 0.948. The maximum Gasteiger partial charge on any atom is 0.00671 e. The molecular weight excluding hydrogens is 206 g/mol. The zero-order valence-corrected chi connectivity index (χ0v) is 11.5. The predicted molar refractivity (Wildman–Crippen MR) is 75.2 cm³/mol. The highest BCUT2D eigenvalue weighted by Crippen LogP contribution is 2.26. The van der Waals surface area contributed by atoms with Crippen molar-refractivity contribution in [3.8, 4) is 0 Å². The Labute approximate surface area is 107 Å². The first kappa shape index (κ1) is 13.1. The van der Waals surface area contributed by atoms with Crippen molar-refractivity contribution in [2.45, 2.75) is 77.2 Å². The lowest BCUT2D eigenvalue weighted by Crippen LogP contribution is -2.35. The fourth-order valence-corrected chi connectivity index (χ4v) is 3.39. The number of hydrogen-bond donors (Lipinski definition) is 1. The maximum absolute atomic E-state index is 3.76. The fourth-order valence-electron chi connectivity index (χ4n) is 3.39. The van der Waals surface area contributed by atoms with Crippen LogP contribution in [-0.4, -0.2) is 12.6 Å². The van der Waals surface area contributed by atoms with Crippen LogP contribution in [0.2, 0.25) is 0 Å². The molecule has 2 aliphatic carbocycles. The smallest absolute Gasteiger partial charge is 0.00671 e. The summed E-state index contributed by atoms with van der Waals surface area (Å²) >= 11 is 0. The van der Waals surface area contributed by atoms with E-state index in [2.05, 4.69) is 18.3 Å². The number of nitrogens with one attached hydrogen (secondary N) is 1. The van der Waals surface area contributed by atoms with Crippen molar-refractivity contribution >= 4 is 0 Å². The molecule has 0 aromatic heterocycles. The fraction of sp³-hybridized carbons (Fsp3) is 0.875. The molecule has 17 heavy (non-hydrogen) atoms. The molecule has 2 aliphatic rings. The van der Waals surface area contributed by atoms with Crippen molar-refractivity contribution in [1.29, 1.82) is 0 Å². The SMILES string of the molecule is CC(NCCC1=CCCCC1)C1CCCCC1. The molecule has 1 heteroatoms. The molecule has 0 bridgehead atoms. The molecule has 0 aromatic rings. The molecule has 1 nitrogen and oxygen atoms in total. The Morgan fingerprint density at radius 3 is 2.71 bits per heavy atom. The minimum Gasteiger partial charge on any atom is -0.314 e. The Hall–Kier alpha value is -0.300. The molecule has 0 aromatic carbocycles. The summed E-state index contributed by atoms with van der Waals surface area (Å²) in [6, 6.07) is 0.736. The largest absolute Gasteiger partial charge is 0.314 e. The van der Waals surface area contributed by atoms with E-state index in [0.29, 0.717) is 0 Å². The molecule has 1 atom stereocenters. The van der Waals surface area contributed by atoms with Gasteiger partial charge in [-0.25, -0.2) is 0 Å². The van der Waals surface area contributed by atoms with Crippen molar-refractivity contribution in [3.63, 3.8) is 0 Å². The van der Waals surface area contributed by atoms with Gasteiger partial charge in [-0.2, -0.15) is 0 Å². The van der Waals surface area contributed by atoms with E-state index >= 15 is 0 Å². The number of allylic oxidation sites excluding steroid dienone is 1. The summed E-state index contributed by atoms with van der Waals surface area (Å²) in [6.07, 6.45) is 16.6. The standard InChI is InChI=1S/C16H29N/c1-14(16-10-6-3-7-11-16)17-13-12-15-8-4-2-5-9-15/h8,14,16-17H,2-7,9-13H2,1H3. The van der Waals surface area contributed by atoms with E-state index in [1.165, 1.54) is 70.8 Å². The van der Waals surface area contributed by atoms with Crippen molar-refractivity contribution in [2.24, 2.45) is 5.92 Å². The van der Waals surface area contributed by atoms with Crippen LogP contribution in [-0.2, 0) is 0 Å². The third-order valence-electron chi connectivity index (χ3n) is 4.65. The Bertz CT molecular complexity index is 238. The highest BCUT2D eigenvalue weighted by molar-refractivity contribution is 5.05. The van der Waals surface area contributed by atoms with Gasteiger partial charge < -0.3 is 5.32 Å². The van der Waals surface area contributed by atoms with Gasteiger partial charge in [-0.15, -0.1) is 0 Å². The first-order chi connectivity index (χ1) is 8.36. The molecule has 0 radical (unpaired) electrons. The van der Waals surface area contributed by atoms with Crippen LogP contribution in [0.3, 0.4) is 0 Å². The summed E-state index contributed by atoms with van der Waals surface area (Å²) < 4.78 is 0. The highest BCUT2D eigenvalue weighted by atomic mass is 14.9. The molecule has 0 spiro atoms. The number of rotatable bonds is 5. The molecule has 0 saturated heterocycles. The van der Waals surface area contributed by atoms with Gasteiger partial charge in [-0.1, -0.05) is 30.9 Å². The average molecular weight is 235 g/mol. The summed E-state index contributed by atoms with van der Waals surface area (Å²) in [6.45, 7) is 3.59. The Morgan fingerprint density at radius 2 is 2.00 bits per heavy atom. The van der Waals surface area contributed by atoms with Crippen LogP contribution in [0.4, 0.5) is 0 Å². The monoisotopic (exact) mass is 235 g/mol. The van der Waals surface area contributed by atoms with Gasteiger partial charge in [-0.3, -0.25) is 0 Å². The zero-order chi connectivity index (χ0) is 11.9. The van der Waals surface area contributed by atoms with Crippen molar-refractivity contribution in [2.75, 3.05) is 6.54 Å². The second kappa shape index (κ2) is 7.20. The minimum absolute atomic E-state index is 0.736. The van der Waals surface area contributed by atoms with Crippen molar-refractivity contribution in [1.82, 2.24) is 5.32 Å². The maximum atomic E-state index is 3.76. The minimum atomic E-state index is 0.736. The normalized spacial score (nSPS) is 24.4. The topological polar surface area (TPSA) is 12.0 Å². The lowest BCUT2D eigenvalue weighted by Gasteiger charge is -2.28. The van der Waals surface area contributed by atoms with Crippen LogP contribution in [0.15, 0.2) is 11.6 Å². The van der Waals surface area contributed by atoms with Gasteiger partial charge in [0.2, 0.25) is 0 Å². The quantitative estimate of drug-likeness (QED) is 0.695. The van der Waals surface area contributed by atoms with E-state index in [1.807, 2.05) is 0 Å². The van der Waals surface area contributed by atoms with Gasteiger partial charge in [0.05, 0.1) is 0 Å². The van der Waals surface area contributed by atoms with E-state index < -0.39 is 0 Å². The zero-order valence-electron chi connectivity index (χ0n) is 11.5. The van der Waals surface area contributed by atoms with Crippen LogP contribution in [0.1, 0.15) is 71.1 Å². The first-order valence-corrected chi connectivity index (χ1v) is 7.77. The van der Waals surface area contributed by atoms with Crippen LogP contribution in [0.25, 0.3) is 0 Å². The van der Waals surface area contributed by atoms with Crippen molar-refractivity contribution in [3.05, 3.63) is 11.6 Å². The molecule has 1 unspecified atom stereocenters. The van der Waals surface area contributed by atoms with E-state index in [-0.39, 0.29) is 0 Å². The van der Waals surface area contributed by atoms with Gasteiger partial charge >= 0.3 is 0 Å². The molecule has 0 aliphatic heterocycles. The molecule has 98 valence electrons. The number of hydrogen-bond acceptors (Lipinski definition) is 1. The second-order valence-corrected chi connectivity index (χ2v) is 6.00. The van der Waals surface area contributed by atoms with Crippen LogP contribution >= 0.6 is 0 Å². The molecule has 1 fully saturated rings. The highest BCUT2D eigenvalue weighted by Gasteiger charge is 2.19. The molecule has 1 N–H and O–H groups in total. The van der Waals surface area contributed by atoms with Gasteiger partial charge in [0.25, 0.3) is 0 Å². The van der Waals surface area contributed by atoms with E-state index in [0.717, 1.165) is 12.0 Å². The van der Waals surface area contributed by atoms with Crippen molar-refractivity contribution < 1.29 is 0 Å². The lowest BCUT2D eigenvalue weighted by molar-refractivity contribution is 0.282. The lowest BCUT2D eigenvalue weighted by atomic mass is 9.84. The van der Waals surface area contributed by atoms with Gasteiger partial charge in [-0.05, 0) is 64.3 Å². The molecular formula is C16H29N. The first-order valence-electron chi connectivity index (χ1n) is 7.77. The summed E-state index contributed by atoms with van der Waals surface area (Å²) in [5, 5.41) is 3.76.